The first-order valence-electron chi connectivity index (χ1n) is 9.78. The summed E-state index contributed by atoms with van der Waals surface area (Å²) >= 11 is 6.01. The van der Waals surface area contributed by atoms with Gasteiger partial charge in [-0.15, -0.1) is 0 Å². The van der Waals surface area contributed by atoms with Crippen LogP contribution in [0, 0.1) is 6.92 Å². The van der Waals surface area contributed by atoms with E-state index in [1.54, 1.807) is 30.3 Å². The molecule has 29 heavy (non-hydrogen) atoms. The lowest BCUT2D eigenvalue weighted by Gasteiger charge is -2.17. The molecule has 4 rings (SSSR count). The van der Waals surface area contributed by atoms with Crippen molar-refractivity contribution in [2.75, 3.05) is 13.1 Å². The van der Waals surface area contributed by atoms with Gasteiger partial charge in [0.2, 0.25) is 0 Å². The van der Waals surface area contributed by atoms with Gasteiger partial charge in [0.05, 0.1) is 17.1 Å². The number of hydrogen-bond donors (Lipinski definition) is 2. The number of aromatic amines is 1. The fourth-order valence-corrected chi connectivity index (χ4v) is 3.85. The van der Waals surface area contributed by atoms with Gasteiger partial charge in [0.1, 0.15) is 5.82 Å². The van der Waals surface area contributed by atoms with Crippen molar-refractivity contribution < 1.29 is 9.59 Å². The first kappa shape index (κ1) is 19.5. The van der Waals surface area contributed by atoms with E-state index < -0.39 is 0 Å². The number of halogens is 1. The zero-order chi connectivity index (χ0) is 20.5. The van der Waals surface area contributed by atoms with Crippen LogP contribution in [0.2, 0.25) is 5.02 Å². The van der Waals surface area contributed by atoms with Gasteiger partial charge in [0, 0.05) is 29.2 Å². The molecular weight excluding hydrogens is 388 g/mol. The van der Waals surface area contributed by atoms with E-state index in [1.807, 2.05) is 24.8 Å². The zero-order valence-corrected chi connectivity index (χ0v) is 17.2. The molecule has 0 spiro atoms. The Hall–Kier alpha value is -2.86. The number of amides is 2. The summed E-state index contributed by atoms with van der Waals surface area (Å²) in [5.41, 5.74) is 3.61. The van der Waals surface area contributed by atoms with Crippen molar-refractivity contribution in [1.29, 1.82) is 0 Å². The van der Waals surface area contributed by atoms with Crippen LogP contribution in [0.4, 0.5) is 0 Å². The topological polar surface area (TPSA) is 78.1 Å². The SMILES string of the molecule is Cc1cc(C(=O)NC(C)c2nc3cc(Cl)ccc3[nH]2)ccc1C(=O)N1CCCC1. The minimum atomic E-state index is -0.306. The Morgan fingerprint density at radius 2 is 1.93 bits per heavy atom. The van der Waals surface area contributed by atoms with Gasteiger partial charge in [-0.25, -0.2) is 4.98 Å². The number of benzene rings is 2. The quantitative estimate of drug-likeness (QED) is 0.674. The van der Waals surface area contributed by atoms with Crippen LogP contribution in [0.3, 0.4) is 0 Å². The number of hydrogen-bond acceptors (Lipinski definition) is 3. The van der Waals surface area contributed by atoms with Crippen molar-refractivity contribution in [2.45, 2.75) is 32.7 Å². The highest BCUT2D eigenvalue weighted by atomic mass is 35.5. The van der Waals surface area contributed by atoms with Gasteiger partial charge in [-0.2, -0.15) is 0 Å². The van der Waals surface area contributed by atoms with Gasteiger partial charge in [-0.05, 0) is 68.7 Å². The third-order valence-electron chi connectivity index (χ3n) is 5.33. The van der Waals surface area contributed by atoms with Gasteiger partial charge in [-0.1, -0.05) is 11.6 Å². The highest BCUT2D eigenvalue weighted by Gasteiger charge is 2.22. The summed E-state index contributed by atoms with van der Waals surface area (Å²) in [6.07, 6.45) is 2.11. The molecule has 2 amide bonds. The second-order valence-corrected chi connectivity index (χ2v) is 7.94. The van der Waals surface area contributed by atoms with E-state index >= 15 is 0 Å². The largest absolute Gasteiger partial charge is 0.342 e. The summed E-state index contributed by atoms with van der Waals surface area (Å²) in [4.78, 5) is 34.9. The molecule has 2 heterocycles. The molecule has 1 aliphatic rings. The summed E-state index contributed by atoms with van der Waals surface area (Å²) in [6, 6.07) is 10.4. The van der Waals surface area contributed by atoms with E-state index in [9.17, 15) is 9.59 Å². The number of aromatic nitrogens is 2. The van der Waals surface area contributed by atoms with Gasteiger partial charge in [0.15, 0.2) is 0 Å². The second-order valence-electron chi connectivity index (χ2n) is 7.51. The van der Waals surface area contributed by atoms with Crippen LogP contribution < -0.4 is 5.32 Å². The van der Waals surface area contributed by atoms with Crippen molar-refractivity contribution in [3.05, 3.63) is 63.9 Å². The lowest BCUT2D eigenvalue weighted by molar-refractivity contribution is 0.0791. The standard InChI is InChI=1S/C22H23ClN4O2/c1-13-11-15(5-7-17(13)22(29)27-9-3-4-10-27)21(28)24-14(2)20-25-18-8-6-16(23)12-19(18)26-20/h5-8,11-12,14H,3-4,9-10H2,1-2H3,(H,24,28)(H,25,26). The van der Waals surface area contributed by atoms with Crippen LogP contribution in [0.5, 0.6) is 0 Å². The third kappa shape index (κ3) is 3.98. The minimum absolute atomic E-state index is 0.0428. The predicted molar refractivity (Wildman–Crippen MR) is 113 cm³/mol. The molecule has 1 unspecified atom stereocenters. The van der Waals surface area contributed by atoms with Crippen molar-refractivity contribution in [1.82, 2.24) is 20.2 Å². The van der Waals surface area contributed by atoms with Gasteiger partial charge in [0.25, 0.3) is 11.8 Å². The Bertz CT molecular complexity index is 1090. The van der Waals surface area contributed by atoms with Crippen LogP contribution >= 0.6 is 11.6 Å². The van der Waals surface area contributed by atoms with Crippen LogP contribution in [0.15, 0.2) is 36.4 Å². The number of nitrogens with one attached hydrogen (secondary N) is 2. The number of fused-ring (bicyclic) bond motifs is 1. The number of nitrogens with zero attached hydrogens (tertiary/aromatic N) is 2. The lowest BCUT2D eigenvalue weighted by atomic mass is 10.0. The van der Waals surface area contributed by atoms with Crippen LogP contribution in [-0.4, -0.2) is 39.8 Å². The van der Waals surface area contributed by atoms with Crippen molar-refractivity contribution in [3.8, 4) is 0 Å². The fraction of sp³-hybridized carbons (Fsp3) is 0.318. The molecule has 3 aromatic rings. The summed E-state index contributed by atoms with van der Waals surface area (Å²) < 4.78 is 0. The monoisotopic (exact) mass is 410 g/mol. The number of rotatable bonds is 4. The second kappa shape index (κ2) is 7.87. The molecule has 1 aliphatic heterocycles. The smallest absolute Gasteiger partial charge is 0.254 e. The molecule has 2 N–H and O–H groups in total. The minimum Gasteiger partial charge on any atom is -0.342 e. The van der Waals surface area contributed by atoms with Gasteiger partial charge < -0.3 is 15.2 Å². The van der Waals surface area contributed by atoms with Gasteiger partial charge >= 0.3 is 0 Å². The summed E-state index contributed by atoms with van der Waals surface area (Å²) in [7, 11) is 0. The lowest BCUT2D eigenvalue weighted by Crippen LogP contribution is -2.29. The first-order chi connectivity index (χ1) is 13.9. The van der Waals surface area contributed by atoms with Crippen molar-refractivity contribution in [3.63, 3.8) is 0 Å². The van der Waals surface area contributed by atoms with Gasteiger partial charge in [-0.3, -0.25) is 9.59 Å². The molecule has 6 nitrogen and oxygen atoms in total. The maximum Gasteiger partial charge on any atom is 0.254 e. The summed E-state index contributed by atoms with van der Waals surface area (Å²) in [5, 5.41) is 3.57. The summed E-state index contributed by atoms with van der Waals surface area (Å²) in [6.45, 7) is 5.35. The Kier molecular flexibility index (Phi) is 5.28. The van der Waals surface area contributed by atoms with Crippen molar-refractivity contribution >= 4 is 34.4 Å². The molecule has 1 fully saturated rings. The van der Waals surface area contributed by atoms with Crippen LogP contribution in [0.25, 0.3) is 11.0 Å². The Morgan fingerprint density at radius 1 is 1.17 bits per heavy atom. The number of likely N-dealkylation sites (tertiary alicyclic amines) is 1. The molecule has 1 saturated heterocycles. The average molecular weight is 411 g/mol. The molecule has 150 valence electrons. The normalized spacial score (nSPS) is 14.9. The van der Waals surface area contributed by atoms with E-state index in [2.05, 4.69) is 15.3 Å². The number of imidazole rings is 1. The van der Waals surface area contributed by atoms with Crippen molar-refractivity contribution in [2.24, 2.45) is 0 Å². The Labute approximate surface area is 174 Å². The fourth-order valence-electron chi connectivity index (χ4n) is 3.69. The average Bonchev–Trinajstić information content (AvgIpc) is 3.36. The van der Waals surface area contributed by atoms with Crippen LogP contribution in [0.1, 0.15) is 57.9 Å². The highest BCUT2D eigenvalue weighted by Crippen LogP contribution is 2.21. The number of aryl methyl sites for hydroxylation is 1. The molecule has 1 aromatic heterocycles. The van der Waals surface area contributed by atoms with E-state index in [1.165, 1.54) is 0 Å². The van der Waals surface area contributed by atoms with E-state index in [4.69, 9.17) is 11.6 Å². The molecule has 2 aromatic carbocycles. The first-order valence-corrected chi connectivity index (χ1v) is 10.2. The zero-order valence-electron chi connectivity index (χ0n) is 16.5. The molecule has 0 aliphatic carbocycles. The maximum absolute atomic E-state index is 12.7. The maximum atomic E-state index is 12.7. The third-order valence-corrected chi connectivity index (χ3v) is 5.57. The predicted octanol–water partition coefficient (Wildman–Crippen LogP) is 4.25. The number of carbonyl (C=O) groups is 2. The molecule has 0 saturated carbocycles. The molecule has 7 heteroatoms. The molecular formula is C22H23ClN4O2. The molecule has 0 radical (unpaired) electrons. The molecule has 1 atom stereocenters. The highest BCUT2D eigenvalue weighted by molar-refractivity contribution is 6.31. The van der Waals surface area contributed by atoms with E-state index in [-0.39, 0.29) is 17.9 Å². The van der Waals surface area contributed by atoms with E-state index in [0.717, 1.165) is 42.5 Å². The number of H-pyrrole nitrogens is 1. The van der Waals surface area contributed by atoms with E-state index in [0.29, 0.717) is 22.0 Å². The Balaban J connectivity index is 1.48. The summed E-state index contributed by atoms with van der Waals surface area (Å²) in [5.74, 6) is 0.494. The number of carbonyl (C=O) groups excluding carboxylic acids is 2. The van der Waals surface area contributed by atoms with Crippen LogP contribution in [-0.2, 0) is 0 Å². The molecule has 0 bridgehead atoms. The Morgan fingerprint density at radius 3 is 2.66 bits per heavy atom.